The summed E-state index contributed by atoms with van der Waals surface area (Å²) < 4.78 is 44.6. The van der Waals surface area contributed by atoms with E-state index in [4.69, 9.17) is 11.6 Å². The number of benzene rings is 2. The molecule has 11 heteroatoms. The number of amides is 1. The van der Waals surface area contributed by atoms with Gasteiger partial charge >= 0.3 is 5.57 Å². The van der Waals surface area contributed by atoms with Crippen LogP contribution in [0.5, 0.6) is 5.75 Å². The number of halogens is 4. The van der Waals surface area contributed by atoms with Gasteiger partial charge in [-0.3, -0.25) is 4.79 Å². The fourth-order valence-corrected chi connectivity index (χ4v) is 3.80. The predicted molar refractivity (Wildman–Crippen MR) is 123 cm³/mol. The average molecular weight is 503 g/mol. The number of hydrogen-bond acceptors (Lipinski definition) is 6. The number of carbonyl (C=O) groups excluding carboxylic acids is 1. The summed E-state index contributed by atoms with van der Waals surface area (Å²) in [5.41, 5.74) is -2.88. The molecule has 1 atom stereocenters. The molecule has 0 aliphatic carbocycles. The van der Waals surface area contributed by atoms with E-state index in [0.29, 0.717) is 25.3 Å². The van der Waals surface area contributed by atoms with Crippen molar-refractivity contribution in [3.8, 4) is 22.9 Å². The molecule has 2 aromatic carbocycles. The molecule has 1 unspecified atom stereocenters. The van der Waals surface area contributed by atoms with Gasteiger partial charge in [-0.15, -0.1) is 8.78 Å². The summed E-state index contributed by atoms with van der Waals surface area (Å²) in [7, 11) is 0. The van der Waals surface area contributed by atoms with Crippen molar-refractivity contribution in [1.82, 2.24) is 4.98 Å². The summed E-state index contributed by atoms with van der Waals surface area (Å²) in [5.74, 6) is -1.01. The van der Waals surface area contributed by atoms with E-state index in [1.807, 2.05) is 6.07 Å². The third kappa shape index (κ3) is 5.82. The van der Waals surface area contributed by atoms with Crippen molar-refractivity contribution >= 4 is 29.0 Å². The molecule has 4 rings (SSSR count). The van der Waals surface area contributed by atoms with Crippen molar-refractivity contribution in [2.24, 2.45) is 0 Å². The summed E-state index contributed by atoms with van der Waals surface area (Å²) in [6.45, 7) is 0.781. The first kappa shape index (κ1) is 24.3. The van der Waals surface area contributed by atoms with Crippen molar-refractivity contribution < 1.29 is 27.8 Å². The van der Waals surface area contributed by atoms with Gasteiger partial charge in [0.15, 0.2) is 0 Å². The van der Waals surface area contributed by atoms with Gasteiger partial charge in [0.25, 0.3) is 5.91 Å². The third-order valence-corrected chi connectivity index (χ3v) is 5.40. The first-order valence-corrected chi connectivity index (χ1v) is 10.8. The fraction of sp³-hybridized carbons (Fsp3) is 0.208. The number of carbonyl (C=O) groups is 1. The molecule has 35 heavy (non-hydrogen) atoms. The molecule has 7 nitrogen and oxygen atoms in total. The highest BCUT2D eigenvalue weighted by molar-refractivity contribution is 6.20. The molecule has 180 valence electrons. The van der Waals surface area contributed by atoms with E-state index < -0.39 is 23.4 Å². The first-order chi connectivity index (χ1) is 16.6. The number of alkyl halides is 3. The van der Waals surface area contributed by atoms with Crippen LogP contribution in [0.4, 0.5) is 24.7 Å². The van der Waals surface area contributed by atoms with Gasteiger partial charge in [-0.1, -0.05) is 0 Å². The van der Waals surface area contributed by atoms with Crippen LogP contribution in [0.1, 0.15) is 22.3 Å². The molecule has 1 fully saturated rings. The zero-order chi connectivity index (χ0) is 25.2. The van der Waals surface area contributed by atoms with E-state index in [2.05, 4.69) is 15.0 Å². The van der Waals surface area contributed by atoms with Crippen LogP contribution in [-0.4, -0.2) is 40.8 Å². The van der Waals surface area contributed by atoms with Crippen LogP contribution < -0.4 is 15.0 Å². The molecule has 0 radical (unpaired) electrons. The number of nitrogens with one attached hydrogen (secondary N) is 1. The maximum Gasteiger partial charge on any atom is 0.487 e. The van der Waals surface area contributed by atoms with Gasteiger partial charge in [-0.05, 0) is 55.0 Å². The number of hydrogen-bond donors (Lipinski definition) is 2. The van der Waals surface area contributed by atoms with Crippen LogP contribution in [0.3, 0.4) is 0 Å². The molecular formula is C24H18ClF3N4O3. The van der Waals surface area contributed by atoms with Crippen molar-refractivity contribution in [2.75, 3.05) is 23.3 Å². The molecule has 1 saturated heterocycles. The lowest BCUT2D eigenvalue weighted by atomic mass is 10.0. The molecule has 2 heterocycles. The smallest absolute Gasteiger partial charge is 0.420 e. The minimum absolute atomic E-state index is 0.0890. The van der Waals surface area contributed by atoms with E-state index in [9.17, 15) is 28.3 Å². The van der Waals surface area contributed by atoms with Crippen molar-refractivity contribution in [2.45, 2.75) is 18.1 Å². The van der Waals surface area contributed by atoms with Crippen molar-refractivity contribution in [3.05, 3.63) is 71.7 Å². The summed E-state index contributed by atoms with van der Waals surface area (Å²) in [4.78, 5) is 19.0. The Balaban J connectivity index is 1.65. The van der Waals surface area contributed by atoms with Crippen LogP contribution in [0.15, 0.2) is 54.7 Å². The average Bonchev–Trinajstić information content (AvgIpc) is 3.25. The summed E-state index contributed by atoms with van der Waals surface area (Å²) >= 11 is 4.74. The van der Waals surface area contributed by atoms with Crippen LogP contribution >= 0.6 is 11.6 Å². The van der Waals surface area contributed by atoms with Crippen LogP contribution in [0.2, 0.25) is 0 Å². The second-order valence-electron chi connectivity index (χ2n) is 7.82. The minimum atomic E-state index is -3.86. The Morgan fingerprint density at radius 2 is 1.97 bits per heavy atom. The van der Waals surface area contributed by atoms with E-state index in [1.54, 1.807) is 4.90 Å². The second-order valence-corrected chi connectivity index (χ2v) is 8.26. The molecule has 1 amide bonds. The van der Waals surface area contributed by atoms with Crippen molar-refractivity contribution in [3.63, 3.8) is 0 Å². The normalized spacial score (nSPS) is 15.5. The van der Waals surface area contributed by atoms with Crippen LogP contribution in [0.25, 0.3) is 11.1 Å². The minimum Gasteiger partial charge on any atom is -0.420 e. The number of nitrogens with zero attached hydrogens (tertiary/aromatic N) is 3. The number of nitriles is 1. The Kier molecular flexibility index (Phi) is 6.82. The zero-order valence-electron chi connectivity index (χ0n) is 18.0. The highest BCUT2D eigenvalue weighted by atomic mass is 35.5. The van der Waals surface area contributed by atoms with Crippen LogP contribution in [-0.2, 0) is 0 Å². The Morgan fingerprint density at radius 1 is 1.23 bits per heavy atom. The SMILES string of the molecule is N#Cc1ccc(F)c(-c2cc(C(=O)Nc3ccc(OC(F)(F)Cl)cc3)cnc2N2CCC(O)C2)c1. The molecule has 0 spiro atoms. The lowest BCUT2D eigenvalue weighted by Crippen LogP contribution is -2.23. The summed E-state index contributed by atoms with van der Waals surface area (Å²) in [6, 6.07) is 12.4. The molecule has 0 bridgehead atoms. The van der Waals surface area contributed by atoms with E-state index in [-0.39, 0.29) is 33.7 Å². The number of rotatable bonds is 6. The van der Waals surface area contributed by atoms with Gasteiger partial charge in [-0.25, -0.2) is 9.37 Å². The highest BCUT2D eigenvalue weighted by Crippen LogP contribution is 2.34. The predicted octanol–water partition coefficient (Wildman–Crippen LogP) is 4.75. The van der Waals surface area contributed by atoms with Gasteiger partial charge in [0.05, 0.1) is 23.3 Å². The van der Waals surface area contributed by atoms with Gasteiger partial charge in [-0.2, -0.15) is 5.26 Å². The molecular weight excluding hydrogens is 485 g/mol. The zero-order valence-corrected chi connectivity index (χ0v) is 18.8. The quantitative estimate of drug-likeness (QED) is 0.472. The molecule has 1 aromatic heterocycles. The standard InChI is InChI=1S/C24H18ClF3N4O3/c25-24(27,28)35-18-4-2-16(3-5-18)31-23(34)15-10-20(19-9-14(11-29)1-6-21(19)26)22(30-12-15)32-8-7-17(33)13-32/h1-6,9-10,12,17,33H,7-8,13H2,(H,31,34). The van der Waals surface area contributed by atoms with Gasteiger partial charge in [0.2, 0.25) is 0 Å². The molecule has 0 saturated carbocycles. The second kappa shape index (κ2) is 9.82. The maximum atomic E-state index is 14.8. The maximum absolute atomic E-state index is 14.8. The van der Waals surface area contributed by atoms with Crippen LogP contribution in [0, 0.1) is 17.1 Å². The number of pyridine rings is 1. The Hall–Kier alpha value is -3.81. The van der Waals surface area contributed by atoms with Crippen molar-refractivity contribution in [1.29, 1.82) is 5.26 Å². The number of aliphatic hydroxyl groups is 1. The molecule has 1 aliphatic heterocycles. The van der Waals surface area contributed by atoms with Gasteiger partial charge in [0, 0.05) is 47.7 Å². The van der Waals surface area contributed by atoms with Gasteiger partial charge < -0.3 is 20.1 Å². The lowest BCUT2D eigenvalue weighted by Gasteiger charge is -2.21. The fourth-order valence-electron chi connectivity index (χ4n) is 3.71. The lowest BCUT2D eigenvalue weighted by molar-refractivity contribution is -0.0964. The topological polar surface area (TPSA) is 98.5 Å². The Morgan fingerprint density at radius 3 is 2.60 bits per heavy atom. The summed E-state index contributed by atoms with van der Waals surface area (Å²) in [6.07, 6.45) is 1.27. The van der Waals surface area contributed by atoms with E-state index in [0.717, 1.165) is 6.07 Å². The third-order valence-electron chi connectivity index (χ3n) is 5.32. The largest absolute Gasteiger partial charge is 0.487 e. The molecule has 3 aromatic rings. The number of aromatic nitrogens is 1. The summed E-state index contributed by atoms with van der Waals surface area (Å²) in [5, 5.41) is 21.8. The number of anilines is 2. The highest BCUT2D eigenvalue weighted by Gasteiger charge is 2.28. The first-order valence-electron chi connectivity index (χ1n) is 10.4. The van der Waals surface area contributed by atoms with E-state index >= 15 is 0 Å². The Bertz CT molecular complexity index is 1290. The molecule has 1 aliphatic rings. The van der Waals surface area contributed by atoms with E-state index in [1.165, 1.54) is 48.7 Å². The number of β-amino-alcohol motifs (C(OH)–C–C–N with tert-alkyl or cyclic N) is 1. The van der Waals surface area contributed by atoms with Gasteiger partial charge in [0.1, 0.15) is 17.4 Å². The monoisotopic (exact) mass is 502 g/mol. The number of ether oxygens (including phenoxy) is 1. The molecule has 2 N–H and O–H groups in total. The Labute approximate surface area is 203 Å². The number of aliphatic hydroxyl groups excluding tert-OH is 1.